The summed E-state index contributed by atoms with van der Waals surface area (Å²) in [6, 6.07) is 8.52. The van der Waals surface area contributed by atoms with Crippen LogP contribution >= 0.6 is 11.3 Å². The van der Waals surface area contributed by atoms with Gasteiger partial charge < -0.3 is 4.42 Å². The Bertz CT molecular complexity index is 985. The first-order chi connectivity index (χ1) is 12.1. The number of nitrogens with zero attached hydrogens (tertiary/aromatic N) is 1. The summed E-state index contributed by atoms with van der Waals surface area (Å²) in [6.45, 7) is 8.24. The van der Waals surface area contributed by atoms with Crippen molar-refractivity contribution in [3.63, 3.8) is 0 Å². The SMILES string of the molecule is CCC1c2ccsc2CCN1Cc1cc(=O)oc2cc(C)c(C)cc12. The largest absolute Gasteiger partial charge is 0.423 e. The van der Waals surface area contributed by atoms with Gasteiger partial charge in [-0.05, 0) is 72.5 Å². The second-order valence-electron chi connectivity index (χ2n) is 6.97. The summed E-state index contributed by atoms with van der Waals surface area (Å²) >= 11 is 1.87. The van der Waals surface area contributed by atoms with E-state index in [4.69, 9.17) is 4.42 Å². The number of thiophene rings is 1. The third-order valence-corrected chi connectivity index (χ3v) is 6.41. The second-order valence-corrected chi connectivity index (χ2v) is 7.97. The fourth-order valence-electron chi connectivity index (χ4n) is 3.95. The highest BCUT2D eigenvalue weighted by atomic mass is 32.1. The lowest BCUT2D eigenvalue weighted by Crippen LogP contribution is -2.34. The highest BCUT2D eigenvalue weighted by Crippen LogP contribution is 2.36. The number of benzene rings is 1. The van der Waals surface area contributed by atoms with Crippen LogP contribution in [0.5, 0.6) is 0 Å². The molecule has 0 radical (unpaired) electrons. The molecule has 0 N–H and O–H groups in total. The fraction of sp³-hybridized carbons (Fsp3) is 0.381. The second kappa shape index (κ2) is 6.43. The molecule has 3 heterocycles. The Morgan fingerprint density at radius 2 is 2.04 bits per heavy atom. The van der Waals surface area contributed by atoms with Gasteiger partial charge in [-0.15, -0.1) is 11.3 Å². The summed E-state index contributed by atoms with van der Waals surface area (Å²) in [5.74, 6) is 0. The molecule has 1 aliphatic rings. The molecule has 0 bridgehead atoms. The van der Waals surface area contributed by atoms with Crippen LogP contribution in [0.25, 0.3) is 11.0 Å². The van der Waals surface area contributed by atoms with Gasteiger partial charge in [0.25, 0.3) is 0 Å². The Morgan fingerprint density at radius 1 is 1.24 bits per heavy atom. The van der Waals surface area contributed by atoms with Crippen LogP contribution in [0.2, 0.25) is 0 Å². The molecule has 4 heteroatoms. The lowest BCUT2D eigenvalue weighted by atomic mass is 9.96. The molecular formula is C21H23NO2S. The molecule has 4 rings (SSSR count). The summed E-state index contributed by atoms with van der Waals surface area (Å²) in [6.07, 6.45) is 2.18. The molecule has 0 amide bonds. The molecule has 1 unspecified atom stereocenters. The normalized spacial score (nSPS) is 17.8. The summed E-state index contributed by atoms with van der Waals surface area (Å²) in [5.41, 5.74) is 5.37. The van der Waals surface area contributed by atoms with Crippen LogP contribution in [0.15, 0.2) is 38.9 Å². The van der Waals surface area contributed by atoms with Crippen LogP contribution in [0.3, 0.4) is 0 Å². The van der Waals surface area contributed by atoms with Gasteiger partial charge >= 0.3 is 5.63 Å². The van der Waals surface area contributed by atoms with Crippen LogP contribution in [0, 0.1) is 13.8 Å². The van der Waals surface area contributed by atoms with Crippen molar-refractivity contribution >= 4 is 22.3 Å². The van der Waals surface area contributed by atoms with Crippen molar-refractivity contribution < 1.29 is 4.42 Å². The van der Waals surface area contributed by atoms with Gasteiger partial charge in [0.05, 0.1) is 0 Å². The molecule has 0 aliphatic carbocycles. The minimum atomic E-state index is -0.257. The molecule has 0 spiro atoms. The van der Waals surface area contributed by atoms with E-state index in [1.807, 2.05) is 17.4 Å². The zero-order chi connectivity index (χ0) is 17.6. The van der Waals surface area contributed by atoms with Gasteiger partial charge in [-0.3, -0.25) is 4.90 Å². The molecule has 130 valence electrons. The molecule has 0 saturated carbocycles. The summed E-state index contributed by atoms with van der Waals surface area (Å²) in [7, 11) is 0. The first kappa shape index (κ1) is 16.6. The summed E-state index contributed by atoms with van der Waals surface area (Å²) in [5, 5.41) is 3.27. The first-order valence-electron chi connectivity index (χ1n) is 8.91. The number of hydrogen-bond donors (Lipinski definition) is 0. The maximum absolute atomic E-state index is 12.1. The molecule has 3 aromatic rings. The van der Waals surface area contributed by atoms with Crippen molar-refractivity contribution in [2.45, 2.75) is 46.2 Å². The molecule has 2 aromatic heterocycles. The number of hydrogen-bond acceptors (Lipinski definition) is 4. The van der Waals surface area contributed by atoms with E-state index in [9.17, 15) is 4.79 Å². The zero-order valence-electron chi connectivity index (χ0n) is 15.0. The maximum atomic E-state index is 12.1. The minimum Gasteiger partial charge on any atom is -0.423 e. The van der Waals surface area contributed by atoms with Crippen LogP contribution in [0.1, 0.15) is 46.5 Å². The smallest absolute Gasteiger partial charge is 0.336 e. The third kappa shape index (κ3) is 2.94. The van der Waals surface area contributed by atoms with Crippen LogP contribution in [0.4, 0.5) is 0 Å². The Kier molecular flexibility index (Phi) is 4.26. The van der Waals surface area contributed by atoms with E-state index in [-0.39, 0.29) is 5.63 Å². The Labute approximate surface area is 151 Å². The topological polar surface area (TPSA) is 33.5 Å². The standard InChI is InChI=1S/C21H23NO2S/c1-4-18-16-6-8-25-20(16)5-7-22(18)12-15-11-21(23)24-19-10-14(3)13(2)9-17(15)19/h6,8-11,18H,4-5,7,12H2,1-3H3. The van der Waals surface area contributed by atoms with Crippen molar-refractivity contribution in [2.24, 2.45) is 0 Å². The van der Waals surface area contributed by atoms with E-state index in [2.05, 4.69) is 43.2 Å². The van der Waals surface area contributed by atoms with Crippen molar-refractivity contribution in [1.82, 2.24) is 4.90 Å². The molecule has 0 fully saturated rings. The summed E-state index contributed by atoms with van der Waals surface area (Å²) < 4.78 is 5.45. The molecule has 3 nitrogen and oxygen atoms in total. The van der Waals surface area contributed by atoms with E-state index in [0.29, 0.717) is 11.6 Å². The van der Waals surface area contributed by atoms with E-state index < -0.39 is 0 Å². The first-order valence-corrected chi connectivity index (χ1v) is 9.79. The van der Waals surface area contributed by atoms with E-state index in [0.717, 1.165) is 42.4 Å². The molecular weight excluding hydrogens is 330 g/mol. The molecule has 1 aliphatic heterocycles. The average molecular weight is 353 g/mol. The van der Waals surface area contributed by atoms with Gasteiger partial charge in [0.15, 0.2) is 0 Å². The van der Waals surface area contributed by atoms with Gasteiger partial charge in [-0.1, -0.05) is 6.92 Å². The number of aryl methyl sites for hydroxylation is 2. The Hall–Kier alpha value is -1.91. The minimum absolute atomic E-state index is 0.257. The van der Waals surface area contributed by atoms with Crippen LogP contribution in [-0.4, -0.2) is 11.4 Å². The molecule has 1 atom stereocenters. The van der Waals surface area contributed by atoms with Crippen LogP contribution < -0.4 is 5.63 Å². The lowest BCUT2D eigenvalue weighted by Gasteiger charge is -2.35. The lowest BCUT2D eigenvalue weighted by molar-refractivity contribution is 0.173. The number of fused-ring (bicyclic) bond motifs is 2. The van der Waals surface area contributed by atoms with Crippen molar-refractivity contribution in [1.29, 1.82) is 0 Å². The highest BCUT2D eigenvalue weighted by molar-refractivity contribution is 7.10. The molecule has 25 heavy (non-hydrogen) atoms. The highest BCUT2D eigenvalue weighted by Gasteiger charge is 2.27. The van der Waals surface area contributed by atoms with E-state index in [1.165, 1.54) is 16.0 Å². The van der Waals surface area contributed by atoms with E-state index >= 15 is 0 Å². The monoisotopic (exact) mass is 353 g/mol. The van der Waals surface area contributed by atoms with Gasteiger partial charge in [0.1, 0.15) is 5.58 Å². The van der Waals surface area contributed by atoms with E-state index in [1.54, 1.807) is 6.07 Å². The molecule has 1 aromatic carbocycles. The fourth-order valence-corrected chi connectivity index (χ4v) is 4.88. The van der Waals surface area contributed by atoms with Gasteiger partial charge in [0.2, 0.25) is 0 Å². The molecule has 0 saturated heterocycles. The Morgan fingerprint density at radius 3 is 2.84 bits per heavy atom. The Balaban J connectivity index is 1.76. The van der Waals surface area contributed by atoms with Gasteiger partial charge in [-0.25, -0.2) is 4.79 Å². The van der Waals surface area contributed by atoms with Gasteiger partial charge in [-0.2, -0.15) is 0 Å². The number of rotatable bonds is 3. The predicted octanol–water partition coefficient (Wildman–Crippen LogP) is 4.98. The quantitative estimate of drug-likeness (QED) is 0.623. The summed E-state index contributed by atoms with van der Waals surface area (Å²) in [4.78, 5) is 16.1. The van der Waals surface area contributed by atoms with Crippen LogP contribution in [-0.2, 0) is 13.0 Å². The third-order valence-electron chi connectivity index (χ3n) is 5.41. The van der Waals surface area contributed by atoms with Crippen molar-refractivity contribution in [3.05, 3.63) is 67.2 Å². The van der Waals surface area contributed by atoms with Crippen molar-refractivity contribution in [3.8, 4) is 0 Å². The van der Waals surface area contributed by atoms with Gasteiger partial charge in [0, 0.05) is 35.5 Å². The van der Waals surface area contributed by atoms with Crippen molar-refractivity contribution in [2.75, 3.05) is 6.54 Å². The maximum Gasteiger partial charge on any atom is 0.336 e. The predicted molar refractivity (Wildman–Crippen MR) is 103 cm³/mol. The zero-order valence-corrected chi connectivity index (χ0v) is 15.8. The average Bonchev–Trinajstić information content (AvgIpc) is 3.05.